The standard InChI is InChI=1S/C17H19ClN2O2/c18-16-3-1-2-14(10-16)12-20-8-7-19(6-4-17(20)21)11-15-5-9-22-13-15/h1-3,5,9-10,13H,4,6-8,11-12H2. The van der Waals surface area contributed by atoms with Crippen LogP contribution >= 0.6 is 11.6 Å². The van der Waals surface area contributed by atoms with E-state index in [-0.39, 0.29) is 5.91 Å². The number of nitrogens with zero attached hydrogens (tertiary/aromatic N) is 2. The van der Waals surface area contributed by atoms with Crippen LogP contribution in [0.2, 0.25) is 5.02 Å². The fourth-order valence-corrected chi connectivity index (χ4v) is 2.95. The highest BCUT2D eigenvalue weighted by Crippen LogP contribution is 2.15. The van der Waals surface area contributed by atoms with Crippen LogP contribution in [0.15, 0.2) is 47.3 Å². The minimum absolute atomic E-state index is 0.203. The molecule has 0 saturated carbocycles. The van der Waals surface area contributed by atoms with Crippen molar-refractivity contribution in [1.29, 1.82) is 0 Å². The lowest BCUT2D eigenvalue weighted by Crippen LogP contribution is -2.32. The van der Waals surface area contributed by atoms with Crippen LogP contribution in [-0.4, -0.2) is 35.3 Å². The minimum atomic E-state index is 0.203. The molecule has 0 atom stereocenters. The molecule has 0 spiro atoms. The molecule has 1 aliphatic rings. The van der Waals surface area contributed by atoms with Crippen LogP contribution in [0.25, 0.3) is 0 Å². The zero-order chi connectivity index (χ0) is 15.4. The van der Waals surface area contributed by atoms with Gasteiger partial charge in [-0.3, -0.25) is 9.69 Å². The van der Waals surface area contributed by atoms with E-state index in [1.807, 2.05) is 35.2 Å². The number of rotatable bonds is 4. The van der Waals surface area contributed by atoms with Crippen LogP contribution < -0.4 is 0 Å². The Balaban J connectivity index is 1.61. The van der Waals surface area contributed by atoms with Crippen molar-refractivity contribution in [2.45, 2.75) is 19.5 Å². The van der Waals surface area contributed by atoms with Crippen molar-refractivity contribution in [1.82, 2.24) is 9.80 Å². The lowest BCUT2D eigenvalue weighted by molar-refractivity contribution is -0.130. The number of hydrogen-bond acceptors (Lipinski definition) is 3. The van der Waals surface area contributed by atoms with Crippen molar-refractivity contribution in [3.8, 4) is 0 Å². The summed E-state index contributed by atoms with van der Waals surface area (Å²) in [5.41, 5.74) is 2.22. The highest BCUT2D eigenvalue weighted by Gasteiger charge is 2.21. The van der Waals surface area contributed by atoms with Gasteiger partial charge >= 0.3 is 0 Å². The van der Waals surface area contributed by atoms with Crippen LogP contribution in [-0.2, 0) is 17.9 Å². The molecule has 2 aromatic rings. The van der Waals surface area contributed by atoms with E-state index in [0.717, 1.165) is 37.3 Å². The van der Waals surface area contributed by atoms with E-state index in [1.165, 1.54) is 0 Å². The molecule has 1 saturated heterocycles. The van der Waals surface area contributed by atoms with Crippen molar-refractivity contribution in [3.63, 3.8) is 0 Å². The van der Waals surface area contributed by atoms with Crippen LogP contribution in [0.4, 0.5) is 0 Å². The SMILES string of the molecule is O=C1CCN(Cc2ccoc2)CCN1Cc1cccc(Cl)c1. The van der Waals surface area contributed by atoms with Crippen molar-refractivity contribution >= 4 is 17.5 Å². The van der Waals surface area contributed by atoms with Crippen molar-refractivity contribution in [2.24, 2.45) is 0 Å². The number of benzene rings is 1. The van der Waals surface area contributed by atoms with Gasteiger partial charge in [-0.05, 0) is 23.8 Å². The summed E-state index contributed by atoms with van der Waals surface area (Å²) in [6.07, 6.45) is 4.00. The van der Waals surface area contributed by atoms with Gasteiger partial charge in [-0.1, -0.05) is 23.7 Å². The predicted molar refractivity (Wildman–Crippen MR) is 85.5 cm³/mol. The van der Waals surface area contributed by atoms with Gasteiger partial charge in [-0.2, -0.15) is 0 Å². The first-order chi connectivity index (χ1) is 10.7. The molecular weight excluding hydrogens is 300 g/mol. The summed E-state index contributed by atoms with van der Waals surface area (Å²) < 4.78 is 5.10. The van der Waals surface area contributed by atoms with E-state index in [0.29, 0.717) is 18.0 Å². The predicted octanol–water partition coefficient (Wildman–Crippen LogP) is 3.17. The molecule has 5 heteroatoms. The number of carbonyl (C=O) groups excluding carboxylic acids is 1. The monoisotopic (exact) mass is 318 g/mol. The Kier molecular flexibility index (Phi) is 4.80. The zero-order valence-electron chi connectivity index (χ0n) is 12.4. The summed E-state index contributed by atoms with van der Waals surface area (Å²) in [5, 5.41) is 0.710. The molecule has 0 bridgehead atoms. The van der Waals surface area contributed by atoms with Crippen molar-refractivity contribution in [2.75, 3.05) is 19.6 Å². The summed E-state index contributed by atoms with van der Waals surface area (Å²) in [7, 11) is 0. The quantitative estimate of drug-likeness (QED) is 0.869. The molecule has 2 heterocycles. The van der Waals surface area contributed by atoms with Crippen LogP contribution in [0.3, 0.4) is 0 Å². The van der Waals surface area contributed by atoms with Gasteiger partial charge in [0.15, 0.2) is 0 Å². The summed E-state index contributed by atoms with van der Waals surface area (Å²) in [5.74, 6) is 0.203. The van der Waals surface area contributed by atoms with Gasteiger partial charge in [-0.15, -0.1) is 0 Å². The molecule has 1 aromatic carbocycles. The normalized spacial score (nSPS) is 16.8. The number of hydrogen-bond donors (Lipinski definition) is 0. The third kappa shape index (κ3) is 3.90. The summed E-state index contributed by atoms with van der Waals surface area (Å²) in [6.45, 7) is 3.85. The maximum atomic E-state index is 12.3. The second kappa shape index (κ2) is 6.99. The molecule has 1 fully saturated rings. The molecule has 0 radical (unpaired) electrons. The third-order valence-corrected chi connectivity index (χ3v) is 4.16. The van der Waals surface area contributed by atoms with Gasteiger partial charge < -0.3 is 9.32 Å². The van der Waals surface area contributed by atoms with E-state index >= 15 is 0 Å². The molecule has 1 aliphatic heterocycles. The fraction of sp³-hybridized carbons (Fsp3) is 0.353. The molecule has 0 unspecified atom stereocenters. The van der Waals surface area contributed by atoms with Crippen molar-refractivity contribution in [3.05, 3.63) is 59.0 Å². The average Bonchev–Trinajstić information content (AvgIpc) is 2.95. The van der Waals surface area contributed by atoms with E-state index in [4.69, 9.17) is 16.0 Å². The highest BCUT2D eigenvalue weighted by atomic mass is 35.5. The molecule has 3 rings (SSSR count). The molecule has 0 aliphatic carbocycles. The van der Waals surface area contributed by atoms with E-state index < -0.39 is 0 Å². The number of furan rings is 1. The van der Waals surface area contributed by atoms with Crippen LogP contribution in [0.5, 0.6) is 0 Å². The molecule has 0 N–H and O–H groups in total. The number of carbonyl (C=O) groups is 1. The molecule has 1 amide bonds. The van der Waals surface area contributed by atoms with E-state index in [1.54, 1.807) is 12.5 Å². The molecule has 22 heavy (non-hydrogen) atoms. The van der Waals surface area contributed by atoms with Gasteiger partial charge in [0.1, 0.15) is 0 Å². The van der Waals surface area contributed by atoms with Gasteiger partial charge in [0.05, 0.1) is 12.5 Å². The second-order valence-corrected chi connectivity index (χ2v) is 6.04. The summed E-state index contributed by atoms with van der Waals surface area (Å²) in [4.78, 5) is 16.5. The molecular formula is C17H19ClN2O2. The zero-order valence-corrected chi connectivity index (χ0v) is 13.1. The van der Waals surface area contributed by atoms with Gasteiger partial charge in [0.2, 0.25) is 5.91 Å². The van der Waals surface area contributed by atoms with Crippen LogP contribution in [0.1, 0.15) is 17.5 Å². The Morgan fingerprint density at radius 3 is 2.77 bits per heavy atom. The van der Waals surface area contributed by atoms with Gasteiger partial charge in [-0.25, -0.2) is 0 Å². The molecule has 1 aromatic heterocycles. The lowest BCUT2D eigenvalue weighted by Gasteiger charge is -2.22. The van der Waals surface area contributed by atoms with Crippen LogP contribution in [0, 0.1) is 0 Å². The first-order valence-corrected chi connectivity index (χ1v) is 7.84. The Hall–Kier alpha value is -1.78. The summed E-state index contributed by atoms with van der Waals surface area (Å²) in [6, 6.07) is 9.67. The Morgan fingerprint density at radius 2 is 2.00 bits per heavy atom. The second-order valence-electron chi connectivity index (χ2n) is 5.60. The maximum absolute atomic E-state index is 12.3. The average molecular weight is 319 g/mol. The lowest BCUT2D eigenvalue weighted by atomic mass is 10.2. The summed E-state index contributed by atoms with van der Waals surface area (Å²) >= 11 is 6.01. The Morgan fingerprint density at radius 1 is 1.09 bits per heavy atom. The smallest absolute Gasteiger partial charge is 0.224 e. The molecule has 116 valence electrons. The minimum Gasteiger partial charge on any atom is -0.472 e. The third-order valence-electron chi connectivity index (χ3n) is 3.93. The Labute approximate surface area is 135 Å². The first kappa shape index (κ1) is 15.1. The van der Waals surface area contributed by atoms with Crippen molar-refractivity contribution < 1.29 is 9.21 Å². The molecule has 4 nitrogen and oxygen atoms in total. The first-order valence-electron chi connectivity index (χ1n) is 7.46. The largest absolute Gasteiger partial charge is 0.472 e. The fourth-order valence-electron chi connectivity index (χ4n) is 2.73. The number of amides is 1. The number of halogens is 1. The maximum Gasteiger partial charge on any atom is 0.224 e. The van der Waals surface area contributed by atoms with E-state index in [9.17, 15) is 4.79 Å². The highest BCUT2D eigenvalue weighted by molar-refractivity contribution is 6.30. The van der Waals surface area contributed by atoms with E-state index in [2.05, 4.69) is 4.90 Å². The van der Waals surface area contributed by atoms with Gasteiger partial charge in [0.25, 0.3) is 0 Å². The topological polar surface area (TPSA) is 36.7 Å². The Bertz CT molecular complexity index is 627. The van der Waals surface area contributed by atoms with Gasteiger partial charge in [0, 0.05) is 49.7 Å².